The van der Waals surface area contributed by atoms with Gasteiger partial charge in [-0.2, -0.15) is 0 Å². The molecule has 0 aliphatic carbocycles. The molecule has 23 heteroatoms. The fourth-order valence-corrected chi connectivity index (χ4v) is 5.69. The maximum absolute atomic E-state index is 11.0. The summed E-state index contributed by atoms with van der Waals surface area (Å²) in [4.78, 5) is 82.2. The minimum atomic E-state index is -5.06. The molecule has 33 heavy (non-hydrogen) atoms. The van der Waals surface area contributed by atoms with Crippen molar-refractivity contribution in [2.24, 2.45) is 0 Å². The third-order valence-corrected chi connectivity index (χ3v) is 6.23. The smallest absolute Gasteiger partial charge is 0.810 e. The normalized spacial score (nSPS) is 13.5. The quantitative estimate of drug-likeness (QED) is 0.0895. The van der Waals surface area contributed by atoms with E-state index in [4.69, 9.17) is 14.7 Å². The molecule has 0 saturated heterocycles. The average molecular weight is 602 g/mol. The molecule has 0 aliphatic heterocycles. The molecule has 0 amide bonds. The Labute approximate surface area is 304 Å². The summed E-state index contributed by atoms with van der Waals surface area (Å²) in [6.45, 7) is -0.213. The molecule has 0 heterocycles. The molecule has 0 saturated carbocycles. The molecule has 3 N–H and O–H groups in total. The van der Waals surface area contributed by atoms with Crippen molar-refractivity contribution >= 4 is 30.4 Å². The van der Waals surface area contributed by atoms with E-state index in [2.05, 4.69) is 0 Å². The second kappa shape index (κ2) is 24.2. The van der Waals surface area contributed by atoms with Gasteiger partial charge in [0.1, 0.15) is 13.9 Å². The third-order valence-electron chi connectivity index (χ3n) is 3.21. The Morgan fingerprint density at radius 3 is 1.06 bits per heavy atom. The van der Waals surface area contributed by atoms with E-state index in [0.717, 1.165) is 4.90 Å². The summed E-state index contributed by atoms with van der Waals surface area (Å²) in [6, 6.07) is 0. The monoisotopic (exact) mass is 602 g/mol. The minimum absolute atomic E-state index is 0. The number of nitrogens with zero attached hydrogens (tertiary/aromatic N) is 2. The van der Waals surface area contributed by atoms with Crippen molar-refractivity contribution in [3.8, 4) is 0 Å². The van der Waals surface area contributed by atoms with Crippen LogP contribution >= 0.6 is 30.4 Å². The molecule has 0 aromatic rings. The van der Waals surface area contributed by atoms with Crippen LogP contribution in [0.4, 0.5) is 0 Å². The summed E-state index contributed by atoms with van der Waals surface area (Å²) in [5.41, 5.74) is 0. The van der Waals surface area contributed by atoms with E-state index < -0.39 is 55.5 Å². The largest absolute Gasteiger partial charge is 1.00 e. The first kappa shape index (κ1) is 51.3. The van der Waals surface area contributed by atoms with Crippen molar-refractivity contribution in [2.75, 3.05) is 38.2 Å². The van der Waals surface area contributed by atoms with Crippen LogP contribution in [0.5, 0.6) is 0 Å². The Hall–Kier alpha value is 5.52. The number of hydrogen-bond donors (Lipinski definition) is 3. The van der Waals surface area contributed by atoms with Crippen LogP contribution in [0.3, 0.4) is 0 Å². The molecule has 0 aliphatic rings. The first-order chi connectivity index (χ1) is 12.4. The van der Waals surface area contributed by atoms with Gasteiger partial charge in [0.25, 0.3) is 0 Å². The van der Waals surface area contributed by atoms with E-state index >= 15 is 0 Å². The second-order valence-electron chi connectivity index (χ2n) is 6.29. The van der Waals surface area contributed by atoms with E-state index in [0.29, 0.717) is 17.7 Å². The first-order valence-corrected chi connectivity index (χ1v) is 14.9. The number of hydrogen-bond acceptors (Lipinski definition) is 11. The van der Waals surface area contributed by atoms with Crippen LogP contribution in [-0.4, -0.2) is 62.7 Å². The zero-order valence-corrected chi connectivity index (χ0v) is 33.3. The summed E-state index contributed by atoms with van der Waals surface area (Å²) >= 11 is 0. The van der Waals surface area contributed by atoms with Crippen LogP contribution in [0.2, 0.25) is 0 Å². The van der Waals surface area contributed by atoms with Crippen molar-refractivity contribution in [1.82, 2.24) is 9.80 Å². The molecule has 14 nitrogen and oxygen atoms in total. The Morgan fingerprint density at radius 2 is 0.818 bits per heavy atom. The Morgan fingerprint density at radius 1 is 0.515 bits per heavy atom. The number of unbranched alkanes of at least 4 members (excludes halogenated alkanes) is 3. The van der Waals surface area contributed by atoms with Crippen LogP contribution in [0.15, 0.2) is 0 Å². The fraction of sp³-hybridized carbons (Fsp3) is 1.00. The number of rotatable bonds is 15. The standard InChI is InChI=1S/C10H28N2O12P4.5Na/c13-25(14,15)7-11(8-26(16,17)18)5-3-1-2-4-6-12(9-27(19,20)21)10-28(22,23)24;;;;;/h1-10H2,(H2,13,14,15)(H2,16,17,18)(H2,19,20,21)(H2,22,23,24);;;;;/q;5*+1/p-5. The molecule has 0 radical (unpaired) electrons. The van der Waals surface area contributed by atoms with Crippen LogP contribution in [0, 0.1) is 0 Å². The molecule has 0 bridgehead atoms. The zero-order chi connectivity index (χ0) is 22.2. The molecule has 0 rings (SSSR count). The summed E-state index contributed by atoms with van der Waals surface area (Å²) in [5.74, 6) is 0. The van der Waals surface area contributed by atoms with E-state index in [1.807, 2.05) is 0 Å². The molecular formula is C10H23N2Na5O12P4. The van der Waals surface area contributed by atoms with Crippen molar-refractivity contribution in [3.05, 3.63) is 0 Å². The summed E-state index contributed by atoms with van der Waals surface area (Å²) in [7, 11) is -19.4. The van der Waals surface area contributed by atoms with Gasteiger partial charge in [0.15, 0.2) is 0 Å². The maximum Gasteiger partial charge on any atom is 1.00 e. The molecule has 1 atom stereocenters. The van der Waals surface area contributed by atoms with Crippen LogP contribution in [0.1, 0.15) is 25.7 Å². The predicted molar refractivity (Wildman–Crippen MR) is 88.4 cm³/mol. The SMILES string of the molecule is O=P([O-])([O-])CN(CCCCCCN(CP(=O)([O-])O)CP(=O)(O)O)CP(=O)([O-])[O-].[Na+].[Na+].[Na+].[Na+].[Na+]. The third kappa shape index (κ3) is 39.7. The van der Waals surface area contributed by atoms with Crippen molar-refractivity contribution < 1.29 is 205 Å². The molecule has 0 aromatic carbocycles. The average Bonchev–Trinajstić information content (AvgIpc) is 2.34. The Kier molecular flexibility index (Phi) is 37.5. The van der Waals surface area contributed by atoms with E-state index in [-0.39, 0.29) is 174 Å². The molecule has 170 valence electrons. The van der Waals surface area contributed by atoms with Gasteiger partial charge in [-0.05, 0) is 25.9 Å². The first-order valence-electron chi connectivity index (χ1n) is 7.91. The summed E-state index contributed by atoms with van der Waals surface area (Å²) in [5, 5.41) is 0. The van der Waals surface area contributed by atoms with Gasteiger partial charge in [0, 0.05) is 12.6 Å². The molecule has 0 aromatic heterocycles. The summed E-state index contributed by atoms with van der Waals surface area (Å²) < 4.78 is 43.4. The van der Waals surface area contributed by atoms with Gasteiger partial charge in [0.05, 0.1) is 6.29 Å². The molecular weight excluding hydrogens is 579 g/mol. The fourth-order valence-electron chi connectivity index (χ4n) is 2.40. The topological polar surface area (TPSA) is 251 Å². The van der Waals surface area contributed by atoms with E-state index in [1.54, 1.807) is 0 Å². The van der Waals surface area contributed by atoms with Crippen LogP contribution in [-0.2, 0) is 18.3 Å². The predicted octanol–water partition coefficient (Wildman–Crippen LogP) is -18.4. The maximum atomic E-state index is 11.0. The van der Waals surface area contributed by atoms with Gasteiger partial charge >= 0.3 is 155 Å². The van der Waals surface area contributed by atoms with Crippen molar-refractivity contribution in [1.29, 1.82) is 0 Å². The van der Waals surface area contributed by atoms with Gasteiger partial charge < -0.3 is 52.8 Å². The van der Waals surface area contributed by atoms with Crippen LogP contribution < -0.4 is 172 Å². The van der Waals surface area contributed by atoms with Crippen LogP contribution in [0.25, 0.3) is 0 Å². The molecule has 1 unspecified atom stereocenters. The van der Waals surface area contributed by atoms with Gasteiger partial charge in [-0.3, -0.25) is 14.4 Å². The Balaban J connectivity index is -0.000000364. The van der Waals surface area contributed by atoms with Crippen molar-refractivity contribution in [2.45, 2.75) is 25.7 Å². The Bertz CT molecular complexity index is 567. The summed E-state index contributed by atoms with van der Waals surface area (Å²) in [6.07, 6.45) is -2.76. The van der Waals surface area contributed by atoms with Gasteiger partial charge in [0.2, 0.25) is 0 Å². The second-order valence-corrected chi connectivity index (χ2v) is 12.5. The minimum Gasteiger partial charge on any atom is -0.810 e. The zero-order valence-electron chi connectivity index (χ0n) is 19.8. The van der Waals surface area contributed by atoms with E-state index in [9.17, 15) is 42.7 Å². The van der Waals surface area contributed by atoms with Gasteiger partial charge in [-0.1, -0.05) is 28.0 Å². The molecule has 0 fully saturated rings. The van der Waals surface area contributed by atoms with Gasteiger partial charge in [-0.15, -0.1) is 0 Å². The molecule has 0 spiro atoms. The van der Waals surface area contributed by atoms with Crippen molar-refractivity contribution in [3.63, 3.8) is 0 Å². The van der Waals surface area contributed by atoms with E-state index in [1.165, 1.54) is 0 Å². The van der Waals surface area contributed by atoms with Gasteiger partial charge in [-0.25, -0.2) is 0 Å².